The van der Waals surface area contributed by atoms with Gasteiger partial charge in [0.15, 0.2) is 0 Å². The zero-order valence-corrected chi connectivity index (χ0v) is 12.3. The van der Waals surface area contributed by atoms with Crippen molar-refractivity contribution in [2.24, 2.45) is 0 Å². The number of rotatable bonds is 3. The van der Waals surface area contributed by atoms with Gasteiger partial charge in [-0.15, -0.1) is 11.3 Å². The van der Waals surface area contributed by atoms with Crippen molar-refractivity contribution >= 4 is 27.5 Å². The van der Waals surface area contributed by atoms with Gasteiger partial charge >= 0.3 is 23.9 Å². The van der Waals surface area contributed by atoms with Gasteiger partial charge in [-0.25, -0.2) is 4.98 Å². The summed E-state index contributed by atoms with van der Waals surface area (Å²) in [5, 5.41) is -0.429. The molecule has 10 heteroatoms. The SMILES string of the molecule is CC(=O)OC(Cc1nc2ccccc2s1)(C(F)(F)F)C(F)(F)F. The minimum absolute atomic E-state index is 0.272. The Labute approximate surface area is 129 Å². The van der Waals surface area contributed by atoms with Crippen LogP contribution >= 0.6 is 11.3 Å². The number of hydrogen-bond donors (Lipinski definition) is 0. The highest BCUT2D eigenvalue weighted by molar-refractivity contribution is 7.18. The molecule has 3 nitrogen and oxygen atoms in total. The first kappa shape index (κ1) is 17.5. The van der Waals surface area contributed by atoms with Crippen LogP contribution in [0.3, 0.4) is 0 Å². The molecule has 0 bridgehead atoms. The van der Waals surface area contributed by atoms with Gasteiger partial charge in [-0.1, -0.05) is 12.1 Å². The zero-order chi connectivity index (χ0) is 17.5. The largest absolute Gasteiger partial charge is 0.439 e. The average Bonchev–Trinajstić information content (AvgIpc) is 2.76. The second-order valence-corrected chi connectivity index (χ2v) is 5.78. The summed E-state index contributed by atoms with van der Waals surface area (Å²) in [6.07, 6.45) is -13.3. The van der Waals surface area contributed by atoms with E-state index in [4.69, 9.17) is 0 Å². The Kier molecular flexibility index (Phi) is 4.31. The number of carbonyl (C=O) groups is 1. The van der Waals surface area contributed by atoms with Gasteiger partial charge in [0.1, 0.15) is 0 Å². The number of aromatic nitrogens is 1. The van der Waals surface area contributed by atoms with Crippen LogP contribution in [0.25, 0.3) is 10.2 Å². The maximum absolute atomic E-state index is 13.2. The number of hydrogen-bond acceptors (Lipinski definition) is 4. The molecule has 1 aromatic heterocycles. The molecule has 126 valence electrons. The van der Waals surface area contributed by atoms with Gasteiger partial charge in [-0.3, -0.25) is 4.79 Å². The Balaban J connectivity index is 2.54. The number of carbonyl (C=O) groups excluding carboxylic acids is 1. The van der Waals surface area contributed by atoms with E-state index < -0.39 is 35.4 Å². The first-order valence-electron chi connectivity index (χ1n) is 6.14. The molecule has 0 saturated heterocycles. The highest BCUT2D eigenvalue weighted by Gasteiger charge is 2.74. The van der Waals surface area contributed by atoms with Gasteiger partial charge in [-0.05, 0) is 12.1 Å². The average molecular weight is 357 g/mol. The van der Waals surface area contributed by atoms with Gasteiger partial charge in [0.25, 0.3) is 0 Å². The fourth-order valence-corrected chi connectivity index (χ4v) is 3.00. The lowest BCUT2D eigenvalue weighted by molar-refractivity contribution is -0.368. The van der Waals surface area contributed by atoms with Crippen molar-refractivity contribution in [3.8, 4) is 0 Å². The number of halogens is 6. The molecule has 0 atom stereocenters. The second kappa shape index (κ2) is 5.66. The molecule has 0 aliphatic rings. The van der Waals surface area contributed by atoms with Crippen molar-refractivity contribution in [2.45, 2.75) is 31.3 Å². The molecule has 0 spiro atoms. The summed E-state index contributed by atoms with van der Waals surface area (Å²) < 4.78 is 83.1. The van der Waals surface area contributed by atoms with Gasteiger partial charge in [0, 0.05) is 6.92 Å². The van der Waals surface area contributed by atoms with Crippen molar-refractivity contribution in [2.75, 3.05) is 0 Å². The van der Waals surface area contributed by atoms with Crippen molar-refractivity contribution in [1.29, 1.82) is 0 Å². The Morgan fingerprint density at radius 2 is 1.70 bits per heavy atom. The Hall–Kier alpha value is -1.84. The monoisotopic (exact) mass is 357 g/mol. The molecule has 1 aromatic carbocycles. The summed E-state index contributed by atoms with van der Waals surface area (Å²) in [4.78, 5) is 14.6. The predicted octanol–water partition coefficient (Wildman–Crippen LogP) is 4.27. The van der Waals surface area contributed by atoms with E-state index in [2.05, 4.69) is 9.72 Å². The van der Waals surface area contributed by atoms with E-state index >= 15 is 0 Å². The molecular formula is C13H9F6NO2S. The Morgan fingerprint density at radius 3 is 2.17 bits per heavy atom. The quantitative estimate of drug-likeness (QED) is 0.609. The lowest BCUT2D eigenvalue weighted by atomic mass is 9.98. The number of fused-ring (bicyclic) bond motifs is 1. The molecule has 23 heavy (non-hydrogen) atoms. The van der Waals surface area contributed by atoms with Crippen molar-refractivity contribution in [3.63, 3.8) is 0 Å². The third-order valence-electron chi connectivity index (χ3n) is 2.97. The number of alkyl halides is 6. The minimum atomic E-state index is -5.84. The second-order valence-electron chi connectivity index (χ2n) is 4.67. The topological polar surface area (TPSA) is 39.2 Å². The van der Waals surface area contributed by atoms with Crippen LogP contribution in [-0.2, 0) is 16.0 Å². The fraction of sp³-hybridized carbons (Fsp3) is 0.385. The van der Waals surface area contributed by atoms with Crippen LogP contribution in [-0.4, -0.2) is 28.9 Å². The summed E-state index contributed by atoms with van der Waals surface area (Å²) >= 11 is 0.681. The van der Waals surface area contributed by atoms with E-state index in [9.17, 15) is 31.1 Å². The number of thiazole rings is 1. The lowest BCUT2D eigenvalue weighted by Gasteiger charge is -2.35. The number of nitrogens with zero attached hydrogens (tertiary/aromatic N) is 1. The Morgan fingerprint density at radius 1 is 1.13 bits per heavy atom. The Bertz CT molecular complexity index is 674. The van der Waals surface area contributed by atoms with Crippen molar-refractivity contribution < 1.29 is 35.9 Å². The number of para-hydroxylation sites is 1. The molecular weight excluding hydrogens is 348 g/mol. The van der Waals surface area contributed by atoms with Crippen LogP contribution in [0.1, 0.15) is 11.9 Å². The normalized spacial score (nSPS) is 13.3. The van der Waals surface area contributed by atoms with E-state index in [-0.39, 0.29) is 5.52 Å². The minimum Gasteiger partial charge on any atom is -0.439 e. The molecule has 0 amide bonds. The molecule has 0 radical (unpaired) electrons. The molecule has 1 heterocycles. The molecule has 0 aliphatic heterocycles. The summed E-state index contributed by atoms with van der Waals surface area (Å²) in [6.45, 7) is 0.491. The molecule has 0 aliphatic carbocycles. The van der Waals surface area contributed by atoms with Gasteiger partial charge < -0.3 is 4.74 Å². The summed E-state index contributed by atoms with van der Waals surface area (Å²) in [5.74, 6) is -1.68. The van der Waals surface area contributed by atoms with Crippen molar-refractivity contribution in [3.05, 3.63) is 29.3 Å². The van der Waals surface area contributed by atoms with E-state index in [1.807, 2.05) is 0 Å². The summed E-state index contributed by atoms with van der Waals surface area (Å²) in [7, 11) is 0. The van der Waals surface area contributed by atoms with Crippen LogP contribution < -0.4 is 0 Å². The van der Waals surface area contributed by atoms with Crippen LogP contribution in [0.15, 0.2) is 24.3 Å². The maximum atomic E-state index is 13.2. The standard InChI is InChI=1S/C13H9F6NO2S/c1-7(21)22-11(12(14,15)16,13(17,18)19)6-10-20-8-4-2-3-5-9(8)23-10/h2-5H,6H2,1H3. The van der Waals surface area contributed by atoms with Crippen LogP contribution in [0.5, 0.6) is 0 Å². The number of ether oxygens (including phenoxy) is 1. The van der Waals surface area contributed by atoms with Gasteiger partial charge in [0.2, 0.25) is 0 Å². The molecule has 0 unspecified atom stereocenters. The highest BCUT2D eigenvalue weighted by atomic mass is 32.1. The zero-order valence-electron chi connectivity index (χ0n) is 11.5. The van der Waals surface area contributed by atoms with Crippen LogP contribution in [0, 0.1) is 0 Å². The van der Waals surface area contributed by atoms with E-state index in [1.54, 1.807) is 12.1 Å². The van der Waals surface area contributed by atoms with E-state index in [1.165, 1.54) is 12.1 Å². The van der Waals surface area contributed by atoms with E-state index in [0.29, 0.717) is 23.0 Å². The van der Waals surface area contributed by atoms with Crippen LogP contribution in [0.4, 0.5) is 26.3 Å². The number of esters is 1. The third kappa shape index (κ3) is 3.26. The van der Waals surface area contributed by atoms with Gasteiger partial charge in [0.05, 0.1) is 21.6 Å². The van der Waals surface area contributed by atoms with Crippen molar-refractivity contribution in [1.82, 2.24) is 4.98 Å². The molecule has 2 aromatic rings. The summed E-state index contributed by atoms with van der Waals surface area (Å²) in [6, 6.07) is 6.12. The molecule has 2 rings (SSSR count). The smallest absolute Gasteiger partial charge is 0.438 e. The summed E-state index contributed by atoms with van der Waals surface area (Å²) in [5.41, 5.74) is -4.35. The predicted molar refractivity (Wildman–Crippen MR) is 69.9 cm³/mol. The van der Waals surface area contributed by atoms with Crippen LogP contribution in [0.2, 0.25) is 0 Å². The maximum Gasteiger partial charge on any atom is 0.438 e. The molecule has 0 saturated carbocycles. The first-order chi connectivity index (χ1) is 10.5. The fourth-order valence-electron chi connectivity index (χ4n) is 1.97. The van der Waals surface area contributed by atoms with E-state index in [0.717, 1.165) is 0 Å². The molecule has 0 N–H and O–H groups in total. The lowest BCUT2D eigenvalue weighted by Crippen LogP contribution is -2.61. The highest BCUT2D eigenvalue weighted by Crippen LogP contribution is 2.48. The molecule has 0 fully saturated rings. The third-order valence-corrected chi connectivity index (χ3v) is 4.01. The first-order valence-corrected chi connectivity index (χ1v) is 6.95. The number of benzene rings is 1. The van der Waals surface area contributed by atoms with Gasteiger partial charge in [-0.2, -0.15) is 26.3 Å².